The van der Waals surface area contributed by atoms with Crippen molar-refractivity contribution in [2.45, 2.75) is 32.9 Å². The standard InChI is InChI=1S/C14H22N2O2/c1-9-6-7-12(13(8-9)18-5)10(2)16-11(3)14(17)15-4/h6-8,10-11,16H,1-5H3,(H,15,17). The average Bonchev–Trinajstić information content (AvgIpc) is 2.37. The van der Waals surface area contributed by atoms with E-state index in [1.54, 1.807) is 14.2 Å². The van der Waals surface area contributed by atoms with Crippen LogP contribution >= 0.6 is 0 Å². The number of aryl methyl sites for hydroxylation is 1. The van der Waals surface area contributed by atoms with E-state index in [1.807, 2.05) is 39.0 Å². The highest BCUT2D eigenvalue weighted by Gasteiger charge is 2.17. The molecule has 2 atom stereocenters. The van der Waals surface area contributed by atoms with Crippen LogP contribution in [0.3, 0.4) is 0 Å². The lowest BCUT2D eigenvalue weighted by atomic mass is 10.0. The first-order chi connectivity index (χ1) is 8.49. The van der Waals surface area contributed by atoms with Crippen molar-refractivity contribution in [2.75, 3.05) is 14.2 Å². The molecule has 4 heteroatoms. The molecule has 0 bridgehead atoms. The molecule has 0 aliphatic carbocycles. The fraction of sp³-hybridized carbons (Fsp3) is 0.500. The van der Waals surface area contributed by atoms with Crippen LogP contribution in [0.4, 0.5) is 0 Å². The molecule has 0 saturated carbocycles. The first-order valence-electron chi connectivity index (χ1n) is 6.11. The number of benzene rings is 1. The van der Waals surface area contributed by atoms with Gasteiger partial charge in [0.25, 0.3) is 0 Å². The predicted octanol–water partition coefficient (Wildman–Crippen LogP) is 1.79. The van der Waals surface area contributed by atoms with E-state index in [0.29, 0.717) is 0 Å². The van der Waals surface area contributed by atoms with Crippen LogP contribution in [0.15, 0.2) is 18.2 Å². The summed E-state index contributed by atoms with van der Waals surface area (Å²) in [4.78, 5) is 11.5. The molecule has 1 aromatic rings. The van der Waals surface area contributed by atoms with E-state index < -0.39 is 0 Å². The summed E-state index contributed by atoms with van der Waals surface area (Å²) in [6, 6.07) is 5.88. The first kappa shape index (κ1) is 14.5. The van der Waals surface area contributed by atoms with E-state index in [2.05, 4.69) is 10.6 Å². The summed E-state index contributed by atoms with van der Waals surface area (Å²) in [7, 11) is 3.30. The number of hydrogen-bond acceptors (Lipinski definition) is 3. The number of carbonyl (C=O) groups is 1. The Kier molecular flexibility index (Phi) is 5.16. The molecule has 0 spiro atoms. The van der Waals surface area contributed by atoms with E-state index in [0.717, 1.165) is 16.9 Å². The molecule has 2 unspecified atom stereocenters. The lowest BCUT2D eigenvalue weighted by Gasteiger charge is -2.21. The second-order valence-electron chi connectivity index (χ2n) is 4.47. The van der Waals surface area contributed by atoms with Gasteiger partial charge in [-0.2, -0.15) is 0 Å². The van der Waals surface area contributed by atoms with Gasteiger partial charge in [0.2, 0.25) is 5.91 Å². The van der Waals surface area contributed by atoms with E-state index in [1.165, 1.54) is 0 Å². The molecule has 0 aliphatic heterocycles. The highest BCUT2D eigenvalue weighted by molar-refractivity contribution is 5.81. The monoisotopic (exact) mass is 250 g/mol. The summed E-state index contributed by atoms with van der Waals surface area (Å²) in [5.74, 6) is 0.826. The van der Waals surface area contributed by atoms with Crippen LogP contribution in [0.2, 0.25) is 0 Å². The van der Waals surface area contributed by atoms with Gasteiger partial charge in [-0.05, 0) is 32.4 Å². The number of likely N-dealkylation sites (N-methyl/N-ethyl adjacent to an activating group) is 1. The number of ether oxygens (including phenoxy) is 1. The van der Waals surface area contributed by atoms with Crippen LogP contribution in [-0.4, -0.2) is 26.1 Å². The van der Waals surface area contributed by atoms with Crippen LogP contribution in [0.25, 0.3) is 0 Å². The highest BCUT2D eigenvalue weighted by Crippen LogP contribution is 2.26. The van der Waals surface area contributed by atoms with Crippen molar-refractivity contribution in [3.8, 4) is 5.75 Å². The molecule has 0 heterocycles. The van der Waals surface area contributed by atoms with E-state index >= 15 is 0 Å². The lowest BCUT2D eigenvalue weighted by molar-refractivity contribution is -0.122. The fourth-order valence-electron chi connectivity index (χ4n) is 1.93. The van der Waals surface area contributed by atoms with Crippen LogP contribution in [-0.2, 0) is 4.79 Å². The molecule has 100 valence electrons. The molecule has 0 saturated heterocycles. The van der Waals surface area contributed by atoms with Crippen molar-refractivity contribution < 1.29 is 9.53 Å². The molecule has 2 N–H and O–H groups in total. The Morgan fingerprint density at radius 3 is 2.56 bits per heavy atom. The van der Waals surface area contributed by atoms with Gasteiger partial charge in [0, 0.05) is 18.7 Å². The van der Waals surface area contributed by atoms with Crippen molar-refractivity contribution in [3.63, 3.8) is 0 Å². The summed E-state index contributed by atoms with van der Waals surface area (Å²) in [6.45, 7) is 5.89. The first-order valence-corrected chi connectivity index (χ1v) is 6.11. The summed E-state index contributed by atoms with van der Waals surface area (Å²) < 4.78 is 5.38. The van der Waals surface area contributed by atoms with Gasteiger partial charge in [0.05, 0.1) is 13.2 Å². The third-order valence-corrected chi connectivity index (χ3v) is 3.00. The Hall–Kier alpha value is -1.55. The molecule has 4 nitrogen and oxygen atoms in total. The number of methoxy groups -OCH3 is 1. The Morgan fingerprint density at radius 1 is 1.33 bits per heavy atom. The number of nitrogens with one attached hydrogen (secondary N) is 2. The minimum absolute atomic E-state index is 0.0204. The predicted molar refractivity (Wildman–Crippen MR) is 72.8 cm³/mol. The van der Waals surface area contributed by atoms with Gasteiger partial charge in [0.15, 0.2) is 0 Å². The van der Waals surface area contributed by atoms with Gasteiger partial charge >= 0.3 is 0 Å². The second-order valence-corrected chi connectivity index (χ2v) is 4.47. The summed E-state index contributed by atoms with van der Waals surface area (Å²) in [6.07, 6.45) is 0. The van der Waals surface area contributed by atoms with Crippen molar-refractivity contribution in [1.29, 1.82) is 0 Å². The van der Waals surface area contributed by atoms with Crippen LogP contribution in [0, 0.1) is 6.92 Å². The van der Waals surface area contributed by atoms with Gasteiger partial charge in [-0.25, -0.2) is 0 Å². The minimum Gasteiger partial charge on any atom is -0.496 e. The SMILES string of the molecule is CNC(=O)C(C)NC(C)c1ccc(C)cc1OC. The fourth-order valence-corrected chi connectivity index (χ4v) is 1.93. The normalized spacial score (nSPS) is 13.8. The molecular weight excluding hydrogens is 228 g/mol. The third kappa shape index (κ3) is 3.47. The Morgan fingerprint density at radius 2 is 2.00 bits per heavy atom. The average molecular weight is 250 g/mol. The van der Waals surface area contributed by atoms with E-state index in [9.17, 15) is 4.79 Å². The molecule has 0 aromatic heterocycles. The zero-order valence-corrected chi connectivity index (χ0v) is 11.7. The Labute approximate surface area is 109 Å². The topological polar surface area (TPSA) is 50.4 Å². The molecule has 1 amide bonds. The van der Waals surface area contributed by atoms with Gasteiger partial charge in [-0.3, -0.25) is 10.1 Å². The number of hydrogen-bond donors (Lipinski definition) is 2. The van der Waals surface area contributed by atoms with Crippen LogP contribution in [0.5, 0.6) is 5.75 Å². The number of carbonyl (C=O) groups excluding carboxylic acids is 1. The van der Waals surface area contributed by atoms with Crippen molar-refractivity contribution in [1.82, 2.24) is 10.6 Å². The van der Waals surface area contributed by atoms with Crippen LogP contribution in [0.1, 0.15) is 31.0 Å². The van der Waals surface area contributed by atoms with Gasteiger partial charge in [0.1, 0.15) is 5.75 Å². The maximum atomic E-state index is 11.5. The molecule has 0 fully saturated rings. The zero-order chi connectivity index (χ0) is 13.7. The van der Waals surface area contributed by atoms with Crippen molar-refractivity contribution in [3.05, 3.63) is 29.3 Å². The Balaban J connectivity index is 2.83. The molecular formula is C14H22N2O2. The van der Waals surface area contributed by atoms with E-state index in [-0.39, 0.29) is 18.0 Å². The maximum Gasteiger partial charge on any atom is 0.236 e. The Bertz CT molecular complexity index is 418. The van der Waals surface area contributed by atoms with Gasteiger partial charge in [-0.15, -0.1) is 0 Å². The molecule has 0 radical (unpaired) electrons. The summed E-state index contributed by atoms with van der Waals surface area (Å²) in [5, 5.41) is 5.88. The molecule has 0 aliphatic rings. The third-order valence-electron chi connectivity index (χ3n) is 3.00. The summed E-state index contributed by atoms with van der Waals surface area (Å²) in [5.41, 5.74) is 2.21. The quantitative estimate of drug-likeness (QED) is 0.837. The van der Waals surface area contributed by atoms with E-state index in [4.69, 9.17) is 4.74 Å². The molecule has 18 heavy (non-hydrogen) atoms. The van der Waals surface area contributed by atoms with Crippen molar-refractivity contribution in [2.24, 2.45) is 0 Å². The van der Waals surface area contributed by atoms with Gasteiger partial charge in [-0.1, -0.05) is 12.1 Å². The van der Waals surface area contributed by atoms with Gasteiger partial charge < -0.3 is 10.1 Å². The summed E-state index contributed by atoms with van der Waals surface area (Å²) >= 11 is 0. The second kappa shape index (κ2) is 6.40. The largest absolute Gasteiger partial charge is 0.496 e. The number of amides is 1. The molecule has 1 aromatic carbocycles. The van der Waals surface area contributed by atoms with Crippen LogP contribution < -0.4 is 15.4 Å². The number of rotatable bonds is 5. The van der Waals surface area contributed by atoms with Crippen molar-refractivity contribution >= 4 is 5.91 Å². The maximum absolute atomic E-state index is 11.5. The highest BCUT2D eigenvalue weighted by atomic mass is 16.5. The molecule has 1 rings (SSSR count). The smallest absolute Gasteiger partial charge is 0.236 e. The minimum atomic E-state index is -0.240. The lowest BCUT2D eigenvalue weighted by Crippen LogP contribution is -2.41. The zero-order valence-electron chi connectivity index (χ0n) is 11.7.